The van der Waals surface area contributed by atoms with Crippen molar-refractivity contribution in [3.05, 3.63) is 80.0 Å². The van der Waals surface area contributed by atoms with E-state index in [-0.39, 0.29) is 42.1 Å². The normalized spacial score (nSPS) is 12.9. The van der Waals surface area contributed by atoms with E-state index < -0.39 is 52.9 Å². The zero-order chi connectivity index (χ0) is 27.9. The molecule has 0 saturated carbocycles. The quantitative estimate of drug-likeness (QED) is 0.437. The highest BCUT2D eigenvalue weighted by Gasteiger charge is 2.35. The molecule has 0 fully saturated rings. The summed E-state index contributed by atoms with van der Waals surface area (Å²) in [6.45, 7) is 0.282. The van der Waals surface area contributed by atoms with E-state index in [1.54, 1.807) is 20.0 Å². The van der Waals surface area contributed by atoms with Gasteiger partial charge in [-0.25, -0.2) is 0 Å². The molecule has 0 unspecified atom stereocenters. The number of nitrogens with zero attached hydrogens (tertiary/aromatic N) is 4. The Morgan fingerprint density at radius 1 is 1.13 bits per heavy atom. The Balaban J connectivity index is 1.78. The van der Waals surface area contributed by atoms with Gasteiger partial charge in [0.15, 0.2) is 0 Å². The van der Waals surface area contributed by atoms with Gasteiger partial charge in [-0.05, 0) is 30.7 Å². The third kappa shape index (κ3) is 4.96. The highest BCUT2D eigenvalue weighted by Crippen LogP contribution is 2.33. The molecule has 3 aromatic rings. The number of fused-ring (bicyclic) bond motifs is 1. The molecule has 1 aliphatic rings. The van der Waals surface area contributed by atoms with Gasteiger partial charge in [0.05, 0.1) is 30.9 Å². The molecule has 3 heterocycles. The summed E-state index contributed by atoms with van der Waals surface area (Å²) in [5.74, 6) is -3.69. The number of aromatic nitrogens is 3. The van der Waals surface area contributed by atoms with Crippen LogP contribution in [-0.4, -0.2) is 53.8 Å². The number of benzene rings is 1. The van der Waals surface area contributed by atoms with Gasteiger partial charge in [-0.3, -0.25) is 23.9 Å². The molecule has 0 spiro atoms. The summed E-state index contributed by atoms with van der Waals surface area (Å²) < 4.78 is 41.4. The fourth-order valence-electron chi connectivity index (χ4n) is 4.30. The average molecular weight is 533 g/mol. The number of carbonyl (C=O) groups excluding carboxylic acids is 2. The largest absolute Gasteiger partial charge is 0.506 e. The molecule has 2 amide bonds. The molecule has 0 aliphatic carbocycles. The van der Waals surface area contributed by atoms with Crippen LogP contribution >= 0.6 is 0 Å². The van der Waals surface area contributed by atoms with Crippen molar-refractivity contribution in [2.75, 3.05) is 6.54 Å². The minimum absolute atomic E-state index is 0.0872. The van der Waals surface area contributed by atoms with E-state index in [9.17, 15) is 37.5 Å². The number of carboxylic acids is 1. The Labute approximate surface area is 212 Å². The third-order valence-corrected chi connectivity index (χ3v) is 6.10. The van der Waals surface area contributed by atoms with Gasteiger partial charge < -0.3 is 25.0 Å². The highest BCUT2D eigenvalue weighted by molar-refractivity contribution is 5.98. The number of carboxylic acid groups (broad SMARTS) is 1. The maximum Gasteiger partial charge on any atom is 0.416 e. The number of aliphatic carboxylic acids is 1. The summed E-state index contributed by atoms with van der Waals surface area (Å²) >= 11 is 0. The van der Waals surface area contributed by atoms with Crippen LogP contribution in [0, 0.1) is 6.92 Å². The number of hydrogen-bond acceptors (Lipinski definition) is 6. The van der Waals surface area contributed by atoms with Crippen molar-refractivity contribution in [3.8, 4) is 5.75 Å². The molecule has 38 heavy (non-hydrogen) atoms. The number of aryl methyl sites for hydroxylation is 2. The van der Waals surface area contributed by atoms with Crippen molar-refractivity contribution in [1.82, 2.24) is 24.6 Å². The molecule has 14 heteroatoms. The SMILES string of the molecule is Cc1cc(C(=O)N2Cc3c(O)c(C(=O)NCC(=O)O)c(=O)n(Cc4ccc(C(F)(F)F)cc4)c3C2)n(C)n1. The molecule has 0 atom stereocenters. The van der Waals surface area contributed by atoms with E-state index in [4.69, 9.17) is 5.11 Å². The number of nitrogens with one attached hydrogen (secondary N) is 1. The van der Waals surface area contributed by atoms with Gasteiger partial charge in [0.2, 0.25) is 0 Å². The molecule has 0 saturated heterocycles. The zero-order valence-electron chi connectivity index (χ0n) is 20.2. The van der Waals surface area contributed by atoms with Gasteiger partial charge in [0.25, 0.3) is 17.4 Å². The lowest BCUT2D eigenvalue weighted by atomic mass is 10.1. The molecular formula is C24H22F3N5O6. The van der Waals surface area contributed by atoms with Crippen molar-refractivity contribution in [3.63, 3.8) is 0 Å². The van der Waals surface area contributed by atoms with Crippen molar-refractivity contribution in [1.29, 1.82) is 0 Å². The summed E-state index contributed by atoms with van der Waals surface area (Å²) in [6.07, 6.45) is -4.56. The van der Waals surface area contributed by atoms with Crippen LogP contribution in [-0.2, 0) is 37.7 Å². The molecule has 200 valence electrons. The van der Waals surface area contributed by atoms with Crippen LogP contribution in [0.1, 0.15) is 48.9 Å². The maximum absolute atomic E-state index is 13.4. The Morgan fingerprint density at radius 2 is 1.79 bits per heavy atom. The minimum Gasteiger partial charge on any atom is -0.506 e. The van der Waals surface area contributed by atoms with E-state index in [1.165, 1.54) is 21.7 Å². The van der Waals surface area contributed by atoms with Gasteiger partial charge in [0.1, 0.15) is 23.6 Å². The van der Waals surface area contributed by atoms with Gasteiger partial charge in [-0.15, -0.1) is 0 Å². The van der Waals surface area contributed by atoms with Crippen LogP contribution in [0.3, 0.4) is 0 Å². The molecule has 0 bridgehead atoms. The van der Waals surface area contributed by atoms with E-state index in [2.05, 4.69) is 5.10 Å². The Morgan fingerprint density at radius 3 is 2.34 bits per heavy atom. The maximum atomic E-state index is 13.4. The smallest absolute Gasteiger partial charge is 0.416 e. The predicted octanol–water partition coefficient (Wildman–Crippen LogP) is 1.63. The zero-order valence-corrected chi connectivity index (χ0v) is 20.2. The van der Waals surface area contributed by atoms with Crippen molar-refractivity contribution < 1.29 is 37.8 Å². The number of carbonyl (C=O) groups is 3. The van der Waals surface area contributed by atoms with Crippen molar-refractivity contribution >= 4 is 17.8 Å². The second kappa shape index (κ2) is 9.68. The van der Waals surface area contributed by atoms with Gasteiger partial charge >= 0.3 is 12.1 Å². The third-order valence-electron chi connectivity index (χ3n) is 6.10. The predicted molar refractivity (Wildman–Crippen MR) is 124 cm³/mol. The molecule has 3 N–H and O–H groups in total. The minimum atomic E-state index is -4.56. The van der Waals surface area contributed by atoms with Crippen LogP contribution in [0.2, 0.25) is 0 Å². The molecule has 4 rings (SSSR count). The number of aromatic hydroxyl groups is 1. The fourth-order valence-corrected chi connectivity index (χ4v) is 4.30. The van der Waals surface area contributed by atoms with Gasteiger partial charge in [0, 0.05) is 18.3 Å². The standard InChI is InChI=1S/C24H22F3N5O6/c1-12-7-16(30(2)29-12)22(37)31-10-15-17(11-31)32(9-13-3-5-14(6-4-13)24(25,26)27)23(38)19(20(15)35)21(36)28-8-18(33)34/h3-7,35H,8-11H2,1-2H3,(H,28,36)(H,33,34). The first-order valence-corrected chi connectivity index (χ1v) is 11.2. The lowest BCUT2D eigenvalue weighted by Crippen LogP contribution is -2.37. The molecular weight excluding hydrogens is 511 g/mol. The van der Waals surface area contributed by atoms with Crippen molar-refractivity contribution in [2.24, 2.45) is 7.05 Å². The van der Waals surface area contributed by atoms with Gasteiger partial charge in [-0.2, -0.15) is 18.3 Å². The second-order valence-electron chi connectivity index (χ2n) is 8.77. The van der Waals surface area contributed by atoms with E-state index in [1.807, 2.05) is 5.32 Å². The lowest BCUT2D eigenvalue weighted by molar-refractivity contribution is -0.138. The summed E-state index contributed by atoms with van der Waals surface area (Å²) in [6, 6.07) is 5.61. The average Bonchev–Trinajstić information content (AvgIpc) is 3.43. The summed E-state index contributed by atoms with van der Waals surface area (Å²) in [5, 5.41) is 25.9. The second-order valence-corrected chi connectivity index (χ2v) is 8.77. The van der Waals surface area contributed by atoms with Crippen LogP contribution in [0.4, 0.5) is 13.2 Å². The first-order valence-electron chi connectivity index (χ1n) is 11.2. The van der Waals surface area contributed by atoms with Gasteiger partial charge in [-0.1, -0.05) is 12.1 Å². The van der Waals surface area contributed by atoms with Crippen LogP contribution in [0.25, 0.3) is 0 Å². The number of rotatable bonds is 6. The summed E-state index contributed by atoms with van der Waals surface area (Å²) in [4.78, 5) is 51.4. The first-order chi connectivity index (χ1) is 17.8. The molecule has 1 aliphatic heterocycles. The number of halogens is 3. The number of amides is 2. The summed E-state index contributed by atoms with van der Waals surface area (Å²) in [5.41, 5.74) is -1.22. The molecule has 0 radical (unpaired) electrons. The van der Waals surface area contributed by atoms with Crippen molar-refractivity contribution in [2.45, 2.75) is 32.7 Å². The van der Waals surface area contributed by atoms with E-state index in [0.29, 0.717) is 5.69 Å². The Bertz CT molecular complexity index is 1510. The summed E-state index contributed by atoms with van der Waals surface area (Å²) in [7, 11) is 1.58. The number of pyridine rings is 1. The monoisotopic (exact) mass is 533 g/mol. The fraction of sp³-hybridized carbons (Fsp3) is 0.292. The van der Waals surface area contributed by atoms with Crippen LogP contribution in [0.5, 0.6) is 5.75 Å². The van der Waals surface area contributed by atoms with E-state index >= 15 is 0 Å². The number of hydrogen-bond donors (Lipinski definition) is 3. The molecule has 11 nitrogen and oxygen atoms in total. The molecule has 2 aromatic heterocycles. The van der Waals surface area contributed by atoms with E-state index in [0.717, 1.165) is 16.7 Å². The van der Waals surface area contributed by atoms with Crippen LogP contribution < -0.4 is 10.9 Å². The Hall–Kier alpha value is -4.62. The first kappa shape index (κ1) is 26.4. The topological polar surface area (TPSA) is 147 Å². The van der Waals surface area contributed by atoms with Crippen LogP contribution in [0.15, 0.2) is 35.1 Å². The molecule has 1 aromatic carbocycles. The highest BCUT2D eigenvalue weighted by atomic mass is 19.4. The lowest BCUT2D eigenvalue weighted by Gasteiger charge is -2.17. The number of alkyl halides is 3. The Kier molecular flexibility index (Phi) is 6.74.